The molecule has 0 saturated carbocycles. The van der Waals surface area contributed by atoms with Crippen LogP contribution in [0.5, 0.6) is 0 Å². The molecule has 0 rings (SSSR count). The van der Waals surface area contributed by atoms with Gasteiger partial charge in [-0.25, -0.2) is 0 Å². The third kappa shape index (κ3) is 22.5. The predicted octanol–water partition coefficient (Wildman–Crippen LogP) is 9.23. The van der Waals surface area contributed by atoms with Crippen molar-refractivity contribution in [1.82, 2.24) is 0 Å². The second-order valence-corrected chi connectivity index (χ2v) is 11.8. The monoisotopic (exact) mass is 603 g/mol. The Morgan fingerprint density at radius 2 is 1.00 bits per heavy atom. The SMILES string of the molecule is CCCCCCC/C=C/CCCCCCCCC(=O)OCC(Br)(COC(=O)CCCCCCCC)[N+](=O)[O-]. The average Bonchev–Trinajstić information content (AvgIpc) is 2.90. The van der Waals surface area contributed by atoms with Gasteiger partial charge in [-0.15, -0.1) is 0 Å². The highest BCUT2D eigenvalue weighted by atomic mass is 79.9. The van der Waals surface area contributed by atoms with Crippen LogP contribution in [0, 0.1) is 10.1 Å². The number of nitro groups is 1. The van der Waals surface area contributed by atoms with Crippen molar-refractivity contribution in [3.8, 4) is 0 Å². The minimum Gasteiger partial charge on any atom is -0.457 e. The van der Waals surface area contributed by atoms with E-state index in [4.69, 9.17) is 9.47 Å². The topological polar surface area (TPSA) is 95.7 Å². The molecule has 0 aromatic heterocycles. The highest BCUT2D eigenvalue weighted by Gasteiger charge is 2.43. The molecule has 38 heavy (non-hydrogen) atoms. The number of carbonyl (C=O) groups excluding carboxylic acids is 2. The van der Waals surface area contributed by atoms with Crippen LogP contribution in [0.3, 0.4) is 0 Å². The third-order valence-electron chi connectivity index (χ3n) is 6.61. The molecular weight excluding hydrogens is 550 g/mol. The second kappa shape index (κ2) is 25.8. The van der Waals surface area contributed by atoms with Gasteiger partial charge in [0.25, 0.3) is 0 Å². The molecule has 0 aliphatic heterocycles. The van der Waals surface area contributed by atoms with E-state index in [1.165, 1.54) is 64.2 Å². The minimum atomic E-state index is -1.82. The summed E-state index contributed by atoms with van der Waals surface area (Å²) in [7, 11) is 0. The quantitative estimate of drug-likeness (QED) is 0.0176. The van der Waals surface area contributed by atoms with E-state index in [1.807, 2.05) is 0 Å². The number of unbranched alkanes of at least 4 members (excludes halogenated alkanes) is 16. The van der Waals surface area contributed by atoms with Gasteiger partial charge in [0, 0.05) is 33.7 Å². The predicted molar refractivity (Wildman–Crippen MR) is 158 cm³/mol. The summed E-state index contributed by atoms with van der Waals surface area (Å²) >= 11 is 3.01. The number of ether oxygens (including phenoxy) is 2. The number of allylic oxidation sites excluding steroid dienone is 2. The fourth-order valence-electron chi connectivity index (χ4n) is 4.06. The molecule has 0 saturated heterocycles. The third-order valence-corrected chi connectivity index (χ3v) is 7.36. The molecule has 0 aromatic rings. The lowest BCUT2D eigenvalue weighted by Crippen LogP contribution is -2.42. The highest BCUT2D eigenvalue weighted by Crippen LogP contribution is 2.21. The van der Waals surface area contributed by atoms with Crippen molar-refractivity contribution in [1.29, 1.82) is 0 Å². The van der Waals surface area contributed by atoms with Gasteiger partial charge in [-0.1, -0.05) is 109 Å². The molecule has 0 aliphatic rings. The van der Waals surface area contributed by atoms with Crippen LogP contribution in [0.4, 0.5) is 0 Å². The second-order valence-electron chi connectivity index (χ2n) is 10.3. The first kappa shape index (κ1) is 36.6. The van der Waals surface area contributed by atoms with Gasteiger partial charge < -0.3 is 9.47 Å². The molecule has 8 heteroatoms. The van der Waals surface area contributed by atoms with Gasteiger partial charge in [0.15, 0.2) is 13.2 Å². The maximum absolute atomic E-state index is 12.1. The number of hydrogen-bond acceptors (Lipinski definition) is 6. The highest BCUT2D eigenvalue weighted by molar-refractivity contribution is 9.10. The van der Waals surface area contributed by atoms with E-state index in [0.717, 1.165) is 44.9 Å². The van der Waals surface area contributed by atoms with E-state index in [1.54, 1.807) is 0 Å². The summed E-state index contributed by atoms with van der Waals surface area (Å²) in [4.78, 5) is 34.9. The van der Waals surface area contributed by atoms with E-state index < -0.39 is 34.5 Å². The number of esters is 2. The normalized spacial score (nSPS) is 12.9. The number of halogens is 1. The Morgan fingerprint density at radius 1 is 0.658 bits per heavy atom. The zero-order valence-corrected chi connectivity index (χ0v) is 25.8. The Balaban J connectivity index is 3.84. The molecule has 7 nitrogen and oxygen atoms in total. The first-order valence-electron chi connectivity index (χ1n) is 15.1. The largest absolute Gasteiger partial charge is 0.457 e. The van der Waals surface area contributed by atoms with Crippen molar-refractivity contribution in [2.75, 3.05) is 13.2 Å². The average molecular weight is 605 g/mol. The minimum absolute atomic E-state index is 0.236. The van der Waals surface area contributed by atoms with Crippen LogP contribution in [-0.4, -0.2) is 34.5 Å². The molecular formula is C30H54BrNO6. The Kier molecular flexibility index (Phi) is 24.8. The molecule has 0 heterocycles. The lowest BCUT2D eigenvalue weighted by molar-refractivity contribution is -0.541. The van der Waals surface area contributed by atoms with E-state index in [2.05, 4.69) is 41.9 Å². The summed E-state index contributed by atoms with van der Waals surface area (Å²) in [6.07, 6.45) is 26.6. The van der Waals surface area contributed by atoms with Gasteiger partial charge in [0.1, 0.15) is 0 Å². The lowest BCUT2D eigenvalue weighted by atomic mass is 10.1. The van der Waals surface area contributed by atoms with E-state index >= 15 is 0 Å². The maximum atomic E-state index is 12.1. The van der Waals surface area contributed by atoms with Gasteiger partial charge in [-0.3, -0.25) is 19.7 Å². The number of alkyl halides is 1. The summed E-state index contributed by atoms with van der Waals surface area (Å²) in [5, 5.41) is 11.5. The molecule has 0 spiro atoms. The zero-order valence-electron chi connectivity index (χ0n) is 24.2. The lowest BCUT2D eigenvalue weighted by Gasteiger charge is -2.18. The molecule has 0 aromatic carbocycles. The molecule has 0 fully saturated rings. The van der Waals surface area contributed by atoms with Crippen molar-refractivity contribution in [3.63, 3.8) is 0 Å². The first-order chi connectivity index (χ1) is 18.4. The van der Waals surface area contributed by atoms with Crippen LogP contribution in [0.15, 0.2) is 12.2 Å². The molecule has 1 atom stereocenters. The van der Waals surface area contributed by atoms with Gasteiger partial charge in [-0.05, 0) is 38.5 Å². The molecule has 0 N–H and O–H groups in total. The Hall–Kier alpha value is -1.44. The smallest absolute Gasteiger partial charge is 0.341 e. The van der Waals surface area contributed by atoms with Crippen molar-refractivity contribution < 1.29 is 24.0 Å². The summed E-state index contributed by atoms with van der Waals surface area (Å²) in [6.45, 7) is 3.44. The van der Waals surface area contributed by atoms with Crippen LogP contribution < -0.4 is 0 Å². The summed E-state index contributed by atoms with van der Waals surface area (Å²) in [5.41, 5.74) is 0. The summed E-state index contributed by atoms with van der Waals surface area (Å²) in [5.74, 6) is -0.930. The number of nitrogens with zero attached hydrogens (tertiary/aromatic N) is 1. The van der Waals surface area contributed by atoms with Crippen LogP contribution in [0.25, 0.3) is 0 Å². The Bertz CT molecular complexity index is 642. The van der Waals surface area contributed by atoms with Crippen molar-refractivity contribution in [2.45, 2.75) is 153 Å². The van der Waals surface area contributed by atoms with Gasteiger partial charge in [0.2, 0.25) is 0 Å². The maximum Gasteiger partial charge on any atom is 0.341 e. The van der Waals surface area contributed by atoms with Crippen LogP contribution in [0.2, 0.25) is 0 Å². The van der Waals surface area contributed by atoms with E-state index in [-0.39, 0.29) is 12.8 Å². The number of rotatable bonds is 27. The van der Waals surface area contributed by atoms with Crippen molar-refractivity contribution >= 4 is 27.9 Å². The fourth-order valence-corrected chi connectivity index (χ4v) is 4.29. The molecule has 0 aliphatic carbocycles. The molecule has 222 valence electrons. The Morgan fingerprint density at radius 3 is 1.37 bits per heavy atom. The van der Waals surface area contributed by atoms with Gasteiger partial charge >= 0.3 is 16.4 Å². The van der Waals surface area contributed by atoms with Gasteiger partial charge in [-0.2, -0.15) is 0 Å². The van der Waals surface area contributed by atoms with E-state index in [0.29, 0.717) is 12.8 Å². The first-order valence-corrected chi connectivity index (χ1v) is 15.9. The fraction of sp³-hybridized carbons (Fsp3) is 0.867. The molecule has 0 radical (unpaired) electrons. The number of hydrogen-bond donors (Lipinski definition) is 0. The molecule has 1 unspecified atom stereocenters. The van der Waals surface area contributed by atoms with E-state index in [9.17, 15) is 19.7 Å². The Labute approximate surface area is 240 Å². The van der Waals surface area contributed by atoms with Crippen LogP contribution in [-0.2, 0) is 19.1 Å². The molecule has 0 bridgehead atoms. The van der Waals surface area contributed by atoms with Crippen molar-refractivity contribution in [3.05, 3.63) is 22.3 Å². The summed E-state index contributed by atoms with van der Waals surface area (Å²) in [6, 6.07) is 0. The molecule has 0 amide bonds. The van der Waals surface area contributed by atoms with Crippen LogP contribution >= 0.6 is 15.9 Å². The standard InChI is InChI=1S/C30H54BrNO6/c1-3-5-7-9-11-12-13-14-15-16-17-18-19-21-23-25-29(34)38-27-30(31,32(35)36)26-37-28(33)24-22-20-10-8-6-4-2/h13-14H,3-12,15-27H2,1-2H3/b14-13+. The zero-order chi connectivity index (χ0) is 28.3. The van der Waals surface area contributed by atoms with Crippen LogP contribution in [0.1, 0.15) is 149 Å². The summed E-state index contributed by atoms with van der Waals surface area (Å²) < 4.78 is 8.41. The van der Waals surface area contributed by atoms with Crippen molar-refractivity contribution in [2.24, 2.45) is 0 Å². The number of carbonyl (C=O) groups is 2. The van der Waals surface area contributed by atoms with Gasteiger partial charge in [0.05, 0.1) is 0 Å².